The number of benzene rings is 1. The Morgan fingerprint density at radius 3 is 2.36 bits per heavy atom. The molecule has 130 valence electrons. The van der Waals surface area contributed by atoms with Crippen LogP contribution >= 0.6 is 15.9 Å². The summed E-state index contributed by atoms with van der Waals surface area (Å²) < 4.78 is 5.91. The topological polar surface area (TPSA) is 82.9 Å². The van der Waals surface area contributed by atoms with Crippen LogP contribution in [0.4, 0.5) is 5.69 Å². The summed E-state index contributed by atoms with van der Waals surface area (Å²) in [6.45, 7) is 1.32. The molecule has 2 aromatic rings. The summed E-state index contributed by atoms with van der Waals surface area (Å²) in [6, 6.07) is 10.3. The van der Waals surface area contributed by atoms with Gasteiger partial charge in [-0.05, 0) is 30.3 Å². The molecule has 8 heteroatoms. The second-order valence-corrected chi connectivity index (χ2v) is 6.44. The summed E-state index contributed by atoms with van der Waals surface area (Å²) in [5, 5.41) is 2.58. The molecule has 1 fully saturated rings. The second kappa shape index (κ2) is 7.52. The molecule has 3 amide bonds. The normalized spacial score (nSPS) is 14.3. The lowest BCUT2D eigenvalue weighted by atomic mass is 10.2. The van der Waals surface area contributed by atoms with Gasteiger partial charge in [0.25, 0.3) is 5.91 Å². The molecule has 0 saturated carbocycles. The van der Waals surface area contributed by atoms with Crippen LogP contribution in [0.25, 0.3) is 0 Å². The van der Waals surface area contributed by atoms with Crippen LogP contribution in [0.1, 0.15) is 10.6 Å². The standard InChI is InChI=1S/C17H16BrN3O4/c18-12-3-1-4-13(11-12)19-15(22)17(24)21-8-6-20(7-9-21)16(23)14-5-2-10-25-14/h1-5,10-11H,6-9H2,(H,19,22). The van der Waals surface area contributed by atoms with Crippen LogP contribution in [0.5, 0.6) is 0 Å². The third kappa shape index (κ3) is 4.08. The lowest BCUT2D eigenvalue weighted by Gasteiger charge is -2.33. The highest BCUT2D eigenvalue weighted by Crippen LogP contribution is 2.16. The summed E-state index contributed by atoms with van der Waals surface area (Å²) in [5.41, 5.74) is 0.541. The summed E-state index contributed by atoms with van der Waals surface area (Å²) >= 11 is 3.31. The molecule has 0 spiro atoms. The predicted molar refractivity (Wildman–Crippen MR) is 94.0 cm³/mol. The van der Waals surface area contributed by atoms with E-state index < -0.39 is 11.8 Å². The van der Waals surface area contributed by atoms with E-state index in [0.717, 1.165) is 4.47 Å². The number of carbonyl (C=O) groups excluding carboxylic acids is 3. The van der Waals surface area contributed by atoms with Crippen LogP contribution in [0.2, 0.25) is 0 Å². The van der Waals surface area contributed by atoms with Gasteiger partial charge in [-0.2, -0.15) is 0 Å². The molecule has 25 heavy (non-hydrogen) atoms. The smallest absolute Gasteiger partial charge is 0.313 e. The number of piperazine rings is 1. The van der Waals surface area contributed by atoms with Crippen molar-refractivity contribution < 1.29 is 18.8 Å². The molecule has 1 N–H and O–H groups in total. The van der Waals surface area contributed by atoms with Gasteiger partial charge in [0.1, 0.15) is 0 Å². The fraction of sp³-hybridized carbons (Fsp3) is 0.235. The van der Waals surface area contributed by atoms with Crippen molar-refractivity contribution in [3.63, 3.8) is 0 Å². The molecule has 0 aliphatic carbocycles. The number of furan rings is 1. The molecule has 1 aliphatic heterocycles. The number of amides is 3. The van der Waals surface area contributed by atoms with Crippen LogP contribution in [-0.4, -0.2) is 53.7 Å². The van der Waals surface area contributed by atoms with Crippen molar-refractivity contribution in [3.05, 3.63) is 52.9 Å². The number of anilines is 1. The molecule has 3 rings (SSSR count). The molecular formula is C17H16BrN3O4. The number of hydrogen-bond acceptors (Lipinski definition) is 4. The van der Waals surface area contributed by atoms with Crippen molar-refractivity contribution in [2.75, 3.05) is 31.5 Å². The van der Waals surface area contributed by atoms with Gasteiger partial charge in [0.15, 0.2) is 5.76 Å². The Balaban J connectivity index is 1.54. The lowest BCUT2D eigenvalue weighted by Crippen LogP contribution is -2.52. The number of rotatable bonds is 2. The van der Waals surface area contributed by atoms with Gasteiger partial charge in [0, 0.05) is 36.3 Å². The number of nitrogens with one attached hydrogen (secondary N) is 1. The quantitative estimate of drug-likeness (QED) is 0.774. The first-order valence-corrected chi connectivity index (χ1v) is 8.52. The Morgan fingerprint density at radius 1 is 1.00 bits per heavy atom. The van der Waals surface area contributed by atoms with Crippen LogP contribution in [0.3, 0.4) is 0 Å². The van der Waals surface area contributed by atoms with E-state index in [1.54, 1.807) is 35.2 Å². The number of hydrogen-bond donors (Lipinski definition) is 1. The minimum Gasteiger partial charge on any atom is -0.459 e. The number of carbonyl (C=O) groups is 3. The van der Waals surface area contributed by atoms with Crippen molar-refractivity contribution in [2.24, 2.45) is 0 Å². The summed E-state index contributed by atoms with van der Waals surface area (Å²) in [6.07, 6.45) is 1.44. The first-order chi connectivity index (χ1) is 12.0. The van der Waals surface area contributed by atoms with Gasteiger partial charge in [-0.3, -0.25) is 14.4 Å². The maximum absolute atomic E-state index is 12.3. The van der Waals surface area contributed by atoms with Crippen molar-refractivity contribution in [1.82, 2.24) is 9.80 Å². The first-order valence-electron chi connectivity index (χ1n) is 7.73. The zero-order valence-corrected chi connectivity index (χ0v) is 14.9. The van der Waals surface area contributed by atoms with E-state index in [1.165, 1.54) is 11.2 Å². The van der Waals surface area contributed by atoms with Crippen LogP contribution in [0.15, 0.2) is 51.6 Å². The predicted octanol–water partition coefficient (Wildman–Crippen LogP) is 1.97. The van der Waals surface area contributed by atoms with Gasteiger partial charge < -0.3 is 19.5 Å². The van der Waals surface area contributed by atoms with Crippen LogP contribution in [0, 0.1) is 0 Å². The zero-order valence-electron chi connectivity index (χ0n) is 13.3. The van der Waals surface area contributed by atoms with Gasteiger partial charge in [-0.1, -0.05) is 22.0 Å². The SMILES string of the molecule is O=C(Nc1cccc(Br)c1)C(=O)N1CCN(C(=O)c2ccco2)CC1. The molecule has 1 aromatic carbocycles. The molecule has 7 nitrogen and oxygen atoms in total. The molecule has 1 aliphatic rings. The van der Waals surface area contributed by atoms with E-state index in [-0.39, 0.29) is 11.7 Å². The maximum atomic E-state index is 12.3. The van der Waals surface area contributed by atoms with E-state index in [0.29, 0.717) is 31.9 Å². The van der Waals surface area contributed by atoms with E-state index >= 15 is 0 Å². The molecule has 0 bridgehead atoms. The van der Waals surface area contributed by atoms with E-state index in [2.05, 4.69) is 21.2 Å². The van der Waals surface area contributed by atoms with Crippen LogP contribution in [-0.2, 0) is 9.59 Å². The molecule has 2 heterocycles. The second-order valence-electron chi connectivity index (χ2n) is 5.53. The lowest BCUT2D eigenvalue weighted by molar-refractivity contribution is -0.144. The van der Waals surface area contributed by atoms with Crippen molar-refractivity contribution >= 4 is 39.3 Å². The van der Waals surface area contributed by atoms with E-state index in [4.69, 9.17) is 4.42 Å². The van der Waals surface area contributed by atoms with Crippen molar-refractivity contribution in [2.45, 2.75) is 0 Å². The van der Waals surface area contributed by atoms with Crippen molar-refractivity contribution in [1.29, 1.82) is 0 Å². The zero-order chi connectivity index (χ0) is 17.8. The van der Waals surface area contributed by atoms with Gasteiger partial charge in [0.2, 0.25) is 0 Å². The highest BCUT2D eigenvalue weighted by Gasteiger charge is 2.29. The fourth-order valence-electron chi connectivity index (χ4n) is 2.56. The third-order valence-electron chi connectivity index (χ3n) is 3.86. The summed E-state index contributed by atoms with van der Waals surface area (Å²) in [5.74, 6) is -1.24. The van der Waals surface area contributed by atoms with Gasteiger partial charge in [-0.15, -0.1) is 0 Å². The Morgan fingerprint density at radius 2 is 1.72 bits per heavy atom. The van der Waals surface area contributed by atoms with Gasteiger partial charge >= 0.3 is 11.8 Å². The largest absolute Gasteiger partial charge is 0.459 e. The minimum absolute atomic E-state index is 0.212. The summed E-state index contributed by atoms with van der Waals surface area (Å²) in [7, 11) is 0. The van der Waals surface area contributed by atoms with E-state index in [9.17, 15) is 14.4 Å². The van der Waals surface area contributed by atoms with E-state index in [1.807, 2.05) is 6.07 Å². The molecule has 0 atom stereocenters. The number of halogens is 1. The van der Waals surface area contributed by atoms with Crippen molar-refractivity contribution in [3.8, 4) is 0 Å². The number of nitrogens with zero attached hydrogens (tertiary/aromatic N) is 2. The molecule has 1 aromatic heterocycles. The Labute approximate surface area is 152 Å². The molecular weight excluding hydrogens is 390 g/mol. The monoisotopic (exact) mass is 405 g/mol. The maximum Gasteiger partial charge on any atom is 0.313 e. The third-order valence-corrected chi connectivity index (χ3v) is 4.36. The Kier molecular flexibility index (Phi) is 5.18. The molecule has 1 saturated heterocycles. The fourth-order valence-corrected chi connectivity index (χ4v) is 2.96. The van der Waals surface area contributed by atoms with Gasteiger partial charge in [-0.25, -0.2) is 0 Å². The first kappa shape index (κ1) is 17.2. The highest BCUT2D eigenvalue weighted by molar-refractivity contribution is 9.10. The average molecular weight is 406 g/mol. The van der Waals surface area contributed by atoms with Gasteiger partial charge in [0.05, 0.1) is 6.26 Å². The van der Waals surface area contributed by atoms with Crippen LogP contribution < -0.4 is 5.32 Å². The highest BCUT2D eigenvalue weighted by atomic mass is 79.9. The summed E-state index contributed by atoms with van der Waals surface area (Å²) in [4.78, 5) is 39.6. The molecule has 0 radical (unpaired) electrons. The molecule has 0 unspecified atom stereocenters. The Bertz CT molecular complexity index is 783. The minimum atomic E-state index is -0.691. The Hall–Kier alpha value is -2.61. The average Bonchev–Trinajstić information content (AvgIpc) is 3.15.